The lowest BCUT2D eigenvalue weighted by atomic mass is 10.1. The highest BCUT2D eigenvalue weighted by Gasteiger charge is 2.08. The molecule has 6 heteroatoms. The lowest BCUT2D eigenvalue weighted by Crippen LogP contribution is -2.20. The molecule has 0 radical (unpaired) electrons. The summed E-state index contributed by atoms with van der Waals surface area (Å²) in [6, 6.07) is 12.4. The second kappa shape index (κ2) is 9.25. The summed E-state index contributed by atoms with van der Waals surface area (Å²) in [4.78, 5) is 23.6. The average molecular weight is 378 g/mol. The van der Waals surface area contributed by atoms with E-state index in [1.807, 2.05) is 25.1 Å². The van der Waals surface area contributed by atoms with E-state index in [-0.39, 0.29) is 6.61 Å². The monoisotopic (exact) mass is 377 g/mol. The lowest BCUT2D eigenvalue weighted by Gasteiger charge is -2.09. The van der Waals surface area contributed by atoms with E-state index in [4.69, 9.17) is 27.9 Å². The van der Waals surface area contributed by atoms with Crippen LogP contribution in [0.5, 0.6) is 0 Å². The molecular weight excluding hydrogens is 361 g/mol. The minimum atomic E-state index is -0.634. The van der Waals surface area contributed by atoms with Gasteiger partial charge in [0.15, 0.2) is 6.61 Å². The first-order valence-corrected chi connectivity index (χ1v) is 8.43. The SMILES string of the molecule is CCc1ccccc1NC(=O)COC(=O)C=Cc1ccc(Cl)cc1Cl. The van der Waals surface area contributed by atoms with Crippen molar-refractivity contribution in [1.29, 1.82) is 0 Å². The van der Waals surface area contributed by atoms with Gasteiger partial charge in [-0.05, 0) is 41.8 Å². The highest BCUT2D eigenvalue weighted by atomic mass is 35.5. The maximum atomic E-state index is 11.9. The van der Waals surface area contributed by atoms with Crippen LogP contribution in [0.2, 0.25) is 10.0 Å². The zero-order valence-electron chi connectivity index (χ0n) is 13.6. The number of benzene rings is 2. The Morgan fingerprint density at radius 3 is 2.64 bits per heavy atom. The number of para-hydroxylation sites is 1. The predicted octanol–water partition coefficient (Wildman–Crippen LogP) is 4.75. The number of hydrogen-bond acceptors (Lipinski definition) is 3. The van der Waals surface area contributed by atoms with Crippen LogP contribution in [0.4, 0.5) is 5.69 Å². The van der Waals surface area contributed by atoms with E-state index in [1.165, 1.54) is 12.2 Å². The minimum Gasteiger partial charge on any atom is -0.452 e. The molecule has 1 N–H and O–H groups in total. The number of halogens is 2. The number of carbonyl (C=O) groups is 2. The molecule has 0 atom stereocenters. The van der Waals surface area contributed by atoms with Gasteiger partial charge in [-0.25, -0.2) is 4.79 Å². The van der Waals surface area contributed by atoms with Crippen LogP contribution in [0.25, 0.3) is 6.08 Å². The van der Waals surface area contributed by atoms with Crippen molar-refractivity contribution >= 4 is 46.8 Å². The number of amides is 1. The van der Waals surface area contributed by atoms with Crippen LogP contribution in [0.3, 0.4) is 0 Å². The van der Waals surface area contributed by atoms with Crippen LogP contribution >= 0.6 is 23.2 Å². The van der Waals surface area contributed by atoms with Crippen molar-refractivity contribution in [2.24, 2.45) is 0 Å². The molecule has 4 nitrogen and oxygen atoms in total. The Labute approximate surface area is 156 Å². The maximum Gasteiger partial charge on any atom is 0.331 e. The molecule has 2 aromatic rings. The van der Waals surface area contributed by atoms with Crippen LogP contribution < -0.4 is 5.32 Å². The first-order chi connectivity index (χ1) is 12.0. The smallest absolute Gasteiger partial charge is 0.331 e. The molecule has 0 aromatic heterocycles. The molecule has 0 aliphatic rings. The number of anilines is 1. The largest absolute Gasteiger partial charge is 0.452 e. The molecule has 130 valence electrons. The van der Waals surface area contributed by atoms with Gasteiger partial charge in [0.2, 0.25) is 0 Å². The normalized spacial score (nSPS) is 10.7. The second-order valence-corrected chi connectivity index (χ2v) is 6.01. The number of aryl methyl sites for hydroxylation is 1. The molecule has 0 heterocycles. The summed E-state index contributed by atoms with van der Waals surface area (Å²) in [5, 5.41) is 3.66. The molecule has 1 amide bonds. The maximum absolute atomic E-state index is 11.9. The van der Waals surface area contributed by atoms with Crippen LogP contribution in [0.15, 0.2) is 48.5 Å². The van der Waals surface area contributed by atoms with E-state index < -0.39 is 11.9 Å². The Balaban J connectivity index is 1.87. The Kier molecular flexibility index (Phi) is 7.04. The number of ether oxygens (including phenoxy) is 1. The van der Waals surface area contributed by atoms with Gasteiger partial charge in [0.25, 0.3) is 5.91 Å². The fraction of sp³-hybridized carbons (Fsp3) is 0.158. The van der Waals surface area contributed by atoms with E-state index >= 15 is 0 Å². The van der Waals surface area contributed by atoms with Crippen LogP contribution in [-0.4, -0.2) is 18.5 Å². The van der Waals surface area contributed by atoms with Gasteiger partial charge in [0, 0.05) is 21.8 Å². The third-order valence-electron chi connectivity index (χ3n) is 3.38. The van der Waals surface area contributed by atoms with Crippen molar-refractivity contribution in [3.8, 4) is 0 Å². The Morgan fingerprint density at radius 1 is 1.16 bits per heavy atom. The van der Waals surface area contributed by atoms with Gasteiger partial charge in [0.05, 0.1) is 0 Å². The number of rotatable bonds is 6. The van der Waals surface area contributed by atoms with Crippen LogP contribution in [0, 0.1) is 0 Å². The van der Waals surface area contributed by atoms with Crippen molar-refractivity contribution in [2.75, 3.05) is 11.9 Å². The van der Waals surface area contributed by atoms with E-state index in [0.29, 0.717) is 15.6 Å². The first-order valence-electron chi connectivity index (χ1n) is 7.67. The van der Waals surface area contributed by atoms with Crippen molar-refractivity contribution < 1.29 is 14.3 Å². The van der Waals surface area contributed by atoms with Crippen molar-refractivity contribution in [3.63, 3.8) is 0 Å². The lowest BCUT2D eigenvalue weighted by molar-refractivity contribution is -0.142. The third-order valence-corrected chi connectivity index (χ3v) is 3.94. The molecular formula is C19H17Cl2NO3. The molecule has 2 aromatic carbocycles. The van der Waals surface area contributed by atoms with Gasteiger partial charge in [-0.2, -0.15) is 0 Å². The quantitative estimate of drug-likeness (QED) is 0.583. The van der Waals surface area contributed by atoms with Crippen molar-refractivity contribution in [2.45, 2.75) is 13.3 Å². The molecule has 0 bridgehead atoms. The highest BCUT2D eigenvalue weighted by Crippen LogP contribution is 2.22. The van der Waals surface area contributed by atoms with E-state index in [9.17, 15) is 9.59 Å². The van der Waals surface area contributed by atoms with Gasteiger partial charge in [-0.15, -0.1) is 0 Å². The summed E-state index contributed by atoms with van der Waals surface area (Å²) in [6.45, 7) is 1.63. The standard InChI is InChI=1S/C19H17Cl2NO3/c1-2-13-5-3-4-6-17(13)22-18(23)12-25-19(24)10-8-14-7-9-15(20)11-16(14)21/h3-11H,2,12H2,1H3,(H,22,23). The molecule has 2 rings (SSSR count). The summed E-state index contributed by atoms with van der Waals surface area (Å²) < 4.78 is 4.93. The molecule has 0 spiro atoms. The van der Waals surface area contributed by atoms with E-state index in [1.54, 1.807) is 24.3 Å². The zero-order chi connectivity index (χ0) is 18.2. The molecule has 0 unspecified atom stereocenters. The highest BCUT2D eigenvalue weighted by molar-refractivity contribution is 6.35. The van der Waals surface area contributed by atoms with Gasteiger partial charge >= 0.3 is 5.97 Å². The molecule has 0 aliphatic heterocycles. The van der Waals surface area contributed by atoms with Gasteiger partial charge in [0.1, 0.15) is 0 Å². The number of esters is 1. The summed E-state index contributed by atoms with van der Waals surface area (Å²) >= 11 is 11.8. The number of hydrogen-bond donors (Lipinski definition) is 1. The Hall–Kier alpha value is -2.30. The second-order valence-electron chi connectivity index (χ2n) is 5.17. The molecule has 25 heavy (non-hydrogen) atoms. The molecule has 0 saturated heterocycles. The average Bonchev–Trinajstić information content (AvgIpc) is 2.59. The van der Waals surface area contributed by atoms with Crippen LogP contribution in [-0.2, 0) is 20.7 Å². The number of nitrogens with one attached hydrogen (secondary N) is 1. The molecule has 0 saturated carbocycles. The zero-order valence-corrected chi connectivity index (χ0v) is 15.1. The van der Waals surface area contributed by atoms with E-state index in [2.05, 4.69) is 5.32 Å². The summed E-state index contributed by atoms with van der Waals surface area (Å²) in [7, 11) is 0. The Morgan fingerprint density at radius 2 is 1.92 bits per heavy atom. The predicted molar refractivity (Wildman–Crippen MR) is 101 cm³/mol. The summed E-state index contributed by atoms with van der Waals surface area (Å²) in [5.74, 6) is -1.03. The number of carbonyl (C=O) groups excluding carboxylic acids is 2. The summed E-state index contributed by atoms with van der Waals surface area (Å²) in [5.41, 5.74) is 2.36. The topological polar surface area (TPSA) is 55.4 Å². The van der Waals surface area contributed by atoms with Crippen molar-refractivity contribution in [1.82, 2.24) is 0 Å². The minimum absolute atomic E-state index is 0.366. The van der Waals surface area contributed by atoms with E-state index in [0.717, 1.165) is 17.7 Å². The fourth-order valence-electron chi connectivity index (χ4n) is 2.12. The third kappa shape index (κ3) is 5.93. The van der Waals surface area contributed by atoms with Gasteiger partial charge < -0.3 is 10.1 Å². The van der Waals surface area contributed by atoms with Crippen molar-refractivity contribution in [3.05, 3.63) is 69.7 Å². The summed E-state index contributed by atoms with van der Waals surface area (Å²) in [6.07, 6.45) is 3.51. The fourth-order valence-corrected chi connectivity index (χ4v) is 2.59. The molecule has 0 fully saturated rings. The first kappa shape index (κ1) is 19.0. The van der Waals surface area contributed by atoms with Crippen LogP contribution in [0.1, 0.15) is 18.1 Å². The van der Waals surface area contributed by atoms with Gasteiger partial charge in [-0.3, -0.25) is 4.79 Å². The van der Waals surface area contributed by atoms with Gasteiger partial charge in [-0.1, -0.05) is 54.4 Å². The molecule has 0 aliphatic carbocycles. The Bertz CT molecular complexity index is 803.